The lowest BCUT2D eigenvalue weighted by Crippen LogP contribution is -2.18. The first-order valence-corrected chi connectivity index (χ1v) is 8.27. The minimum atomic E-state index is 0.585. The summed E-state index contributed by atoms with van der Waals surface area (Å²) < 4.78 is 5.65. The van der Waals surface area contributed by atoms with Crippen LogP contribution in [-0.4, -0.2) is 34.4 Å². The van der Waals surface area contributed by atoms with Gasteiger partial charge in [-0.25, -0.2) is 9.97 Å². The molecule has 7 heteroatoms. The van der Waals surface area contributed by atoms with Gasteiger partial charge in [-0.05, 0) is 24.3 Å². The highest BCUT2D eigenvalue weighted by Gasteiger charge is 2.20. The van der Waals surface area contributed by atoms with E-state index in [-0.39, 0.29) is 0 Å². The van der Waals surface area contributed by atoms with Crippen LogP contribution in [0.15, 0.2) is 48.0 Å². The van der Waals surface area contributed by atoms with E-state index >= 15 is 0 Å². The van der Waals surface area contributed by atoms with E-state index in [1.165, 1.54) is 7.11 Å². The van der Waals surface area contributed by atoms with Gasteiger partial charge in [0.25, 0.3) is 0 Å². The van der Waals surface area contributed by atoms with Gasteiger partial charge in [-0.2, -0.15) is 0 Å². The normalized spacial score (nSPS) is 15.0. The molecule has 3 aromatic rings. The standard InChI is InChI=1S/C17H14N4O2S/c1-22-21-13-6-8-23-14-5-4-12(20-16(13)14)15-10-19-17(24-15)11-3-2-7-18-9-11/h2-5,7,9-10H,6,8H2,1H3/b21-13+. The molecule has 0 aliphatic carbocycles. The zero-order valence-corrected chi connectivity index (χ0v) is 13.8. The van der Waals surface area contributed by atoms with Gasteiger partial charge in [-0.1, -0.05) is 5.16 Å². The van der Waals surface area contributed by atoms with E-state index in [9.17, 15) is 0 Å². The number of thiazole rings is 1. The van der Waals surface area contributed by atoms with E-state index in [1.807, 2.05) is 30.5 Å². The van der Waals surface area contributed by atoms with Crippen molar-refractivity contribution in [2.75, 3.05) is 13.7 Å². The molecule has 6 nitrogen and oxygen atoms in total. The highest BCUT2D eigenvalue weighted by Crippen LogP contribution is 2.33. The fourth-order valence-corrected chi connectivity index (χ4v) is 3.37. The molecule has 4 rings (SSSR count). The summed E-state index contributed by atoms with van der Waals surface area (Å²) in [6.45, 7) is 0.585. The van der Waals surface area contributed by atoms with Crippen LogP contribution in [0.5, 0.6) is 5.75 Å². The van der Waals surface area contributed by atoms with Crippen LogP contribution in [0.2, 0.25) is 0 Å². The summed E-state index contributed by atoms with van der Waals surface area (Å²) in [5.41, 5.74) is 3.38. The molecule has 1 aliphatic heterocycles. The summed E-state index contributed by atoms with van der Waals surface area (Å²) in [5, 5.41) is 4.98. The lowest BCUT2D eigenvalue weighted by Gasteiger charge is -2.17. The molecular weight excluding hydrogens is 324 g/mol. The van der Waals surface area contributed by atoms with E-state index < -0.39 is 0 Å². The smallest absolute Gasteiger partial charge is 0.147 e. The van der Waals surface area contributed by atoms with Crippen LogP contribution in [0.4, 0.5) is 0 Å². The summed E-state index contributed by atoms with van der Waals surface area (Å²) >= 11 is 1.58. The highest BCUT2D eigenvalue weighted by molar-refractivity contribution is 7.18. The maximum atomic E-state index is 5.65. The fourth-order valence-electron chi connectivity index (χ4n) is 2.50. The second-order valence-corrected chi connectivity index (χ2v) is 6.16. The summed E-state index contributed by atoms with van der Waals surface area (Å²) in [4.78, 5) is 19.2. The van der Waals surface area contributed by atoms with E-state index in [2.05, 4.69) is 15.1 Å². The molecule has 0 fully saturated rings. The molecule has 4 heterocycles. The number of pyridine rings is 2. The van der Waals surface area contributed by atoms with Gasteiger partial charge in [0.2, 0.25) is 0 Å². The molecule has 24 heavy (non-hydrogen) atoms. The molecule has 0 unspecified atom stereocenters. The third kappa shape index (κ3) is 2.74. The predicted octanol–water partition coefficient (Wildman–Crippen LogP) is 3.40. The van der Waals surface area contributed by atoms with Gasteiger partial charge in [0.1, 0.15) is 29.3 Å². The fraction of sp³-hybridized carbons (Fsp3) is 0.176. The average molecular weight is 338 g/mol. The molecule has 0 amide bonds. The second-order valence-electron chi connectivity index (χ2n) is 5.13. The van der Waals surface area contributed by atoms with Crippen LogP contribution >= 0.6 is 11.3 Å². The monoisotopic (exact) mass is 338 g/mol. The maximum absolute atomic E-state index is 5.65. The Morgan fingerprint density at radius 3 is 3.04 bits per heavy atom. The highest BCUT2D eigenvalue weighted by atomic mass is 32.1. The third-order valence-corrected chi connectivity index (χ3v) is 4.67. The van der Waals surface area contributed by atoms with Crippen LogP contribution < -0.4 is 4.74 Å². The molecule has 0 spiro atoms. The zero-order chi connectivity index (χ0) is 16.4. The molecule has 0 atom stereocenters. The lowest BCUT2D eigenvalue weighted by molar-refractivity contribution is 0.210. The van der Waals surface area contributed by atoms with Gasteiger partial charge < -0.3 is 9.57 Å². The largest absolute Gasteiger partial charge is 0.491 e. The Bertz CT molecular complexity index is 893. The molecule has 0 aromatic carbocycles. The zero-order valence-electron chi connectivity index (χ0n) is 13.0. The van der Waals surface area contributed by atoms with Crippen LogP contribution in [0, 0.1) is 0 Å². The van der Waals surface area contributed by atoms with Crippen molar-refractivity contribution in [3.05, 3.63) is 48.5 Å². The lowest BCUT2D eigenvalue weighted by atomic mass is 10.1. The van der Waals surface area contributed by atoms with Crippen molar-refractivity contribution in [3.8, 4) is 26.9 Å². The summed E-state index contributed by atoms with van der Waals surface area (Å²) in [7, 11) is 1.54. The average Bonchev–Trinajstić information content (AvgIpc) is 3.13. The van der Waals surface area contributed by atoms with Crippen LogP contribution in [0.25, 0.3) is 21.1 Å². The van der Waals surface area contributed by atoms with Gasteiger partial charge >= 0.3 is 0 Å². The molecular formula is C17H14N4O2S. The van der Waals surface area contributed by atoms with Crippen LogP contribution in [0.1, 0.15) is 12.1 Å². The van der Waals surface area contributed by atoms with E-state index in [4.69, 9.17) is 14.6 Å². The molecule has 0 radical (unpaired) electrons. The van der Waals surface area contributed by atoms with Crippen molar-refractivity contribution in [3.63, 3.8) is 0 Å². The number of oxime groups is 1. The topological polar surface area (TPSA) is 69.5 Å². The number of rotatable bonds is 3. The molecule has 3 aromatic heterocycles. The quantitative estimate of drug-likeness (QED) is 0.685. The SMILES string of the molecule is CO/N=C1\CCOc2ccc(-c3cnc(-c4cccnc4)s3)nc21. The first kappa shape index (κ1) is 14.8. The number of ether oxygens (including phenoxy) is 1. The summed E-state index contributed by atoms with van der Waals surface area (Å²) in [6, 6.07) is 7.76. The summed E-state index contributed by atoms with van der Waals surface area (Å²) in [6.07, 6.45) is 6.07. The molecule has 0 saturated heterocycles. The Kier molecular flexibility index (Phi) is 3.92. The van der Waals surface area contributed by atoms with Gasteiger partial charge in [0.05, 0.1) is 17.2 Å². The maximum Gasteiger partial charge on any atom is 0.147 e. The van der Waals surface area contributed by atoms with Crippen molar-refractivity contribution in [1.82, 2.24) is 15.0 Å². The molecule has 120 valence electrons. The first-order chi connectivity index (χ1) is 11.8. The predicted molar refractivity (Wildman–Crippen MR) is 92.2 cm³/mol. The van der Waals surface area contributed by atoms with Gasteiger partial charge in [0, 0.05) is 30.6 Å². The van der Waals surface area contributed by atoms with Gasteiger partial charge in [-0.15, -0.1) is 11.3 Å². The third-order valence-electron chi connectivity index (χ3n) is 3.60. The van der Waals surface area contributed by atoms with Crippen molar-refractivity contribution in [2.24, 2.45) is 5.16 Å². The molecule has 0 bridgehead atoms. The summed E-state index contributed by atoms with van der Waals surface area (Å²) in [5.74, 6) is 0.734. The Labute approximate surface area is 142 Å². The van der Waals surface area contributed by atoms with Gasteiger partial charge in [0.15, 0.2) is 0 Å². The number of nitrogens with zero attached hydrogens (tertiary/aromatic N) is 4. The Balaban J connectivity index is 1.72. The van der Waals surface area contributed by atoms with Crippen molar-refractivity contribution >= 4 is 17.0 Å². The van der Waals surface area contributed by atoms with Gasteiger partial charge in [-0.3, -0.25) is 4.98 Å². The first-order valence-electron chi connectivity index (χ1n) is 7.46. The van der Waals surface area contributed by atoms with E-state index in [1.54, 1.807) is 23.7 Å². The Hall–Kier alpha value is -2.80. The Morgan fingerprint density at radius 2 is 2.21 bits per heavy atom. The number of fused-ring (bicyclic) bond motifs is 1. The second kappa shape index (κ2) is 6.37. The number of hydrogen-bond donors (Lipinski definition) is 0. The van der Waals surface area contributed by atoms with Crippen molar-refractivity contribution < 1.29 is 9.57 Å². The number of hydrogen-bond acceptors (Lipinski definition) is 7. The molecule has 1 aliphatic rings. The minimum Gasteiger partial charge on any atom is -0.491 e. The van der Waals surface area contributed by atoms with Crippen LogP contribution in [-0.2, 0) is 4.84 Å². The van der Waals surface area contributed by atoms with E-state index in [0.717, 1.165) is 38.3 Å². The molecule has 0 N–H and O–H groups in total. The molecule has 0 saturated carbocycles. The van der Waals surface area contributed by atoms with Crippen LogP contribution in [0.3, 0.4) is 0 Å². The Morgan fingerprint density at radius 1 is 1.25 bits per heavy atom. The minimum absolute atomic E-state index is 0.585. The number of aromatic nitrogens is 3. The van der Waals surface area contributed by atoms with Crippen molar-refractivity contribution in [2.45, 2.75) is 6.42 Å². The van der Waals surface area contributed by atoms with Crippen molar-refractivity contribution in [1.29, 1.82) is 0 Å². The van der Waals surface area contributed by atoms with E-state index in [0.29, 0.717) is 13.0 Å².